The zero-order valence-corrected chi connectivity index (χ0v) is 10.0. The SMILES string of the molecule is Cn1cncc1-c1ccccc1S(=O)(=O)Cl. The Labute approximate surface area is 97.9 Å². The molecular weight excluding hydrogens is 248 g/mol. The number of aryl methyl sites for hydroxylation is 1. The van der Waals surface area contributed by atoms with E-state index in [-0.39, 0.29) is 4.90 Å². The Hall–Kier alpha value is -1.33. The van der Waals surface area contributed by atoms with Crippen molar-refractivity contribution in [1.29, 1.82) is 0 Å². The summed E-state index contributed by atoms with van der Waals surface area (Å²) < 4.78 is 24.5. The smallest absolute Gasteiger partial charge is 0.261 e. The summed E-state index contributed by atoms with van der Waals surface area (Å²) >= 11 is 0. The first-order chi connectivity index (χ1) is 7.50. The van der Waals surface area contributed by atoms with E-state index < -0.39 is 9.05 Å². The van der Waals surface area contributed by atoms with Crippen LogP contribution in [0.5, 0.6) is 0 Å². The number of rotatable bonds is 2. The Kier molecular flexibility index (Phi) is 2.73. The molecule has 2 aromatic rings. The van der Waals surface area contributed by atoms with Gasteiger partial charge in [-0.05, 0) is 6.07 Å². The summed E-state index contributed by atoms with van der Waals surface area (Å²) in [5, 5.41) is 0. The van der Waals surface area contributed by atoms with Crippen molar-refractivity contribution >= 4 is 19.7 Å². The quantitative estimate of drug-likeness (QED) is 0.773. The third-order valence-corrected chi connectivity index (χ3v) is 3.62. The van der Waals surface area contributed by atoms with Crippen LogP contribution in [0, 0.1) is 0 Å². The molecule has 0 radical (unpaired) electrons. The van der Waals surface area contributed by atoms with E-state index in [1.165, 1.54) is 6.07 Å². The Balaban J connectivity index is 2.72. The Morgan fingerprint density at radius 3 is 2.56 bits per heavy atom. The van der Waals surface area contributed by atoms with Crippen LogP contribution in [-0.2, 0) is 16.1 Å². The molecule has 6 heteroatoms. The average molecular weight is 257 g/mol. The largest absolute Gasteiger partial charge is 0.334 e. The molecule has 0 spiro atoms. The van der Waals surface area contributed by atoms with E-state index in [1.807, 2.05) is 0 Å². The summed E-state index contributed by atoms with van der Waals surface area (Å²) in [6.07, 6.45) is 3.20. The molecule has 0 amide bonds. The molecule has 0 N–H and O–H groups in total. The molecule has 4 nitrogen and oxygen atoms in total. The highest BCUT2D eigenvalue weighted by atomic mass is 35.7. The molecule has 0 saturated heterocycles. The lowest BCUT2D eigenvalue weighted by atomic mass is 10.2. The number of nitrogens with zero attached hydrogens (tertiary/aromatic N) is 2. The van der Waals surface area contributed by atoms with Gasteiger partial charge < -0.3 is 4.57 Å². The highest BCUT2D eigenvalue weighted by Crippen LogP contribution is 2.28. The van der Waals surface area contributed by atoms with Gasteiger partial charge in [0, 0.05) is 23.3 Å². The number of imidazole rings is 1. The predicted octanol–water partition coefficient (Wildman–Crippen LogP) is 2.01. The molecule has 0 aliphatic rings. The van der Waals surface area contributed by atoms with Gasteiger partial charge in [-0.1, -0.05) is 18.2 Å². The van der Waals surface area contributed by atoms with Crippen LogP contribution in [0.15, 0.2) is 41.7 Å². The maximum Gasteiger partial charge on any atom is 0.261 e. The second-order valence-electron chi connectivity index (χ2n) is 3.32. The molecule has 1 heterocycles. The number of hydrogen-bond donors (Lipinski definition) is 0. The lowest BCUT2D eigenvalue weighted by Crippen LogP contribution is -1.97. The zero-order valence-electron chi connectivity index (χ0n) is 8.46. The van der Waals surface area contributed by atoms with Crippen molar-refractivity contribution in [2.24, 2.45) is 7.05 Å². The number of hydrogen-bond acceptors (Lipinski definition) is 3. The van der Waals surface area contributed by atoms with Crippen LogP contribution in [0.4, 0.5) is 0 Å². The van der Waals surface area contributed by atoms with E-state index in [1.54, 1.807) is 42.3 Å². The molecule has 0 aliphatic heterocycles. The molecule has 16 heavy (non-hydrogen) atoms. The molecule has 0 saturated carbocycles. The van der Waals surface area contributed by atoms with Gasteiger partial charge in [-0.25, -0.2) is 13.4 Å². The lowest BCUT2D eigenvalue weighted by molar-refractivity contribution is 0.610. The van der Waals surface area contributed by atoms with Gasteiger partial charge >= 0.3 is 0 Å². The van der Waals surface area contributed by atoms with Crippen LogP contribution in [0.3, 0.4) is 0 Å². The summed E-state index contributed by atoms with van der Waals surface area (Å²) in [6, 6.07) is 6.57. The van der Waals surface area contributed by atoms with Gasteiger partial charge in [0.2, 0.25) is 0 Å². The van der Waals surface area contributed by atoms with Crippen LogP contribution in [0.2, 0.25) is 0 Å². The third-order valence-electron chi connectivity index (χ3n) is 2.24. The van der Waals surface area contributed by atoms with Crippen LogP contribution in [-0.4, -0.2) is 18.0 Å². The second-order valence-corrected chi connectivity index (χ2v) is 5.86. The van der Waals surface area contributed by atoms with E-state index in [0.717, 1.165) is 0 Å². The second kappa shape index (κ2) is 3.92. The van der Waals surface area contributed by atoms with Gasteiger partial charge in [0.1, 0.15) is 0 Å². The first-order valence-electron chi connectivity index (χ1n) is 4.50. The zero-order chi connectivity index (χ0) is 11.8. The molecule has 2 rings (SSSR count). The van der Waals surface area contributed by atoms with Crippen LogP contribution >= 0.6 is 10.7 Å². The van der Waals surface area contributed by atoms with Crippen molar-refractivity contribution in [1.82, 2.24) is 9.55 Å². The fourth-order valence-corrected chi connectivity index (χ4v) is 2.59. The minimum atomic E-state index is -3.75. The molecule has 0 aliphatic carbocycles. The number of halogens is 1. The topological polar surface area (TPSA) is 52.0 Å². The highest BCUT2D eigenvalue weighted by molar-refractivity contribution is 8.13. The van der Waals surface area contributed by atoms with E-state index >= 15 is 0 Å². The normalized spacial score (nSPS) is 11.6. The predicted molar refractivity (Wildman–Crippen MR) is 61.7 cm³/mol. The van der Waals surface area contributed by atoms with Crippen molar-refractivity contribution in [2.75, 3.05) is 0 Å². The summed E-state index contributed by atoms with van der Waals surface area (Å²) in [5.74, 6) is 0. The minimum Gasteiger partial charge on any atom is -0.334 e. The molecule has 1 aromatic heterocycles. The summed E-state index contributed by atoms with van der Waals surface area (Å²) in [5.41, 5.74) is 1.26. The van der Waals surface area contributed by atoms with Crippen molar-refractivity contribution in [3.8, 4) is 11.3 Å². The van der Waals surface area contributed by atoms with Crippen LogP contribution in [0.25, 0.3) is 11.3 Å². The molecular formula is C10H9ClN2O2S. The van der Waals surface area contributed by atoms with Gasteiger partial charge in [0.25, 0.3) is 9.05 Å². The first kappa shape index (κ1) is 11.2. The molecule has 1 aromatic carbocycles. The standard InChI is InChI=1S/C10H9ClN2O2S/c1-13-7-12-6-9(13)8-4-2-3-5-10(8)16(11,14)15/h2-7H,1H3. The number of aromatic nitrogens is 2. The minimum absolute atomic E-state index is 0.0975. The summed E-state index contributed by atoms with van der Waals surface area (Å²) in [6.45, 7) is 0. The highest BCUT2D eigenvalue weighted by Gasteiger charge is 2.17. The monoisotopic (exact) mass is 256 g/mol. The van der Waals surface area contributed by atoms with Crippen molar-refractivity contribution in [3.05, 3.63) is 36.8 Å². The maximum absolute atomic E-state index is 11.4. The van der Waals surface area contributed by atoms with Gasteiger partial charge in [-0.3, -0.25) is 0 Å². The first-order valence-corrected chi connectivity index (χ1v) is 6.81. The van der Waals surface area contributed by atoms with Crippen LogP contribution < -0.4 is 0 Å². The van der Waals surface area contributed by atoms with E-state index in [0.29, 0.717) is 11.3 Å². The van der Waals surface area contributed by atoms with Gasteiger partial charge in [-0.15, -0.1) is 0 Å². The third kappa shape index (κ3) is 1.96. The molecule has 0 bridgehead atoms. The Morgan fingerprint density at radius 2 is 2.00 bits per heavy atom. The van der Waals surface area contributed by atoms with E-state index in [4.69, 9.17) is 10.7 Å². The summed E-state index contributed by atoms with van der Waals surface area (Å²) in [7, 11) is 3.42. The molecule has 0 atom stereocenters. The van der Waals surface area contributed by atoms with Crippen molar-refractivity contribution in [3.63, 3.8) is 0 Å². The molecule has 0 unspecified atom stereocenters. The fraction of sp³-hybridized carbons (Fsp3) is 0.100. The average Bonchev–Trinajstić information content (AvgIpc) is 2.63. The van der Waals surface area contributed by atoms with Gasteiger partial charge in [-0.2, -0.15) is 0 Å². The molecule has 84 valence electrons. The van der Waals surface area contributed by atoms with Crippen molar-refractivity contribution in [2.45, 2.75) is 4.90 Å². The van der Waals surface area contributed by atoms with Crippen LogP contribution in [0.1, 0.15) is 0 Å². The number of benzene rings is 1. The van der Waals surface area contributed by atoms with Gasteiger partial charge in [0.05, 0.1) is 23.1 Å². The van der Waals surface area contributed by atoms with Gasteiger partial charge in [0.15, 0.2) is 0 Å². The summed E-state index contributed by atoms with van der Waals surface area (Å²) in [4.78, 5) is 4.04. The fourth-order valence-electron chi connectivity index (χ4n) is 1.51. The molecule has 0 fully saturated rings. The lowest BCUT2D eigenvalue weighted by Gasteiger charge is -2.06. The van der Waals surface area contributed by atoms with Crippen molar-refractivity contribution < 1.29 is 8.42 Å². The Bertz CT molecular complexity index is 619. The van der Waals surface area contributed by atoms with E-state index in [2.05, 4.69) is 4.98 Å². The van der Waals surface area contributed by atoms with E-state index in [9.17, 15) is 8.42 Å². The Morgan fingerprint density at radius 1 is 1.31 bits per heavy atom. The maximum atomic E-state index is 11.4.